The van der Waals surface area contributed by atoms with Crippen LogP contribution in [-0.2, 0) is 20.0 Å². The van der Waals surface area contributed by atoms with Gasteiger partial charge in [-0.1, -0.05) is 79.2 Å². The van der Waals surface area contributed by atoms with Gasteiger partial charge in [0.25, 0.3) is 5.91 Å². The van der Waals surface area contributed by atoms with Crippen LogP contribution in [0.25, 0.3) is 0 Å². The van der Waals surface area contributed by atoms with E-state index in [1.54, 1.807) is 4.90 Å². The Kier molecular flexibility index (Phi) is 5.47. The van der Waals surface area contributed by atoms with E-state index >= 15 is 0 Å². The monoisotopic (exact) mass is 483 g/mol. The lowest BCUT2D eigenvalue weighted by atomic mass is 9.91. The van der Waals surface area contributed by atoms with Gasteiger partial charge in [-0.25, -0.2) is 4.79 Å². The van der Waals surface area contributed by atoms with Crippen molar-refractivity contribution < 1.29 is 19.5 Å². The van der Waals surface area contributed by atoms with Crippen LogP contribution in [0.3, 0.4) is 0 Å². The first kappa shape index (κ1) is 22.0. The van der Waals surface area contributed by atoms with Crippen LogP contribution in [0, 0.1) is 0 Å². The lowest BCUT2D eigenvalue weighted by Crippen LogP contribution is -2.73. The molecule has 2 aromatic rings. The maximum Gasteiger partial charge on any atom is 0.353 e. The molecule has 4 atom stereocenters. The Morgan fingerprint density at radius 1 is 1.12 bits per heavy atom. The molecule has 0 saturated carbocycles. The fraction of sp³-hybridized carbons (Fsp3) is 0.292. The van der Waals surface area contributed by atoms with Crippen molar-refractivity contribution >= 4 is 41.1 Å². The van der Waals surface area contributed by atoms with Crippen LogP contribution in [0.1, 0.15) is 30.5 Å². The zero-order valence-electron chi connectivity index (χ0n) is 17.8. The average Bonchev–Trinajstić information content (AvgIpc) is 3.13. The van der Waals surface area contributed by atoms with E-state index in [9.17, 15) is 19.5 Å². The number of thioether (sulfide) groups is 1. The Morgan fingerprint density at radius 3 is 2.36 bits per heavy atom. The molecule has 2 N–H and O–H groups in total. The van der Waals surface area contributed by atoms with Gasteiger partial charge < -0.3 is 10.0 Å². The molecule has 0 bridgehead atoms. The number of carbonyl (C=O) groups is 3. The highest BCUT2D eigenvalue weighted by Gasteiger charge is 2.64. The van der Waals surface area contributed by atoms with Gasteiger partial charge in [-0.3, -0.25) is 19.8 Å². The summed E-state index contributed by atoms with van der Waals surface area (Å²) >= 11 is 7.52. The van der Waals surface area contributed by atoms with Gasteiger partial charge in [0, 0.05) is 5.75 Å². The molecule has 2 unspecified atom stereocenters. The first-order valence-corrected chi connectivity index (χ1v) is 12.1. The standard InChI is InChI=1S/C24H22ClN3O4S/c1-2-24(15-11-7-4-8-12-15)26-17(14-9-5-3-6-10-14)20(29)28(24)19-21(30)27-18(23(31)32)16(25)13-33-22(19)27/h3-12,17,19,22,26H,2,13H2,1H3,(H,31,32)/t17?,19-,22+,24?/m1/s1. The number of benzene rings is 2. The molecular formula is C24H22ClN3O4S. The number of rotatable bonds is 5. The SMILES string of the molecule is CCC1(c2ccccc2)NC(c2ccccc2)C(=O)N1[C@@H]1C(=O)N2C(C(=O)O)=C(Cl)CS[C@@H]12. The molecule has 0 radical (unpaired) electrons. The minimum Gasteiger partial charge on any atom is -0.477 e. The minimum absolute atomic E-state index is 0.133. The second-order valence-electron chi connectivity index (χ2n) is 8.19. The number of carbonyl (C=O) groups excluding carboxylic acids is 2. The van der Waals surface area contributed by atoms with Crippen LogP contribution < -0.4 is 5.32 Å². The normalized spacial score (nSPS) is 29.2. The summed E-state index contributed by atoms with van der Waals surface area (Å²) in [6.07, 6.45) is 0.523. The Labute approximate surface area is 200 Å². The molecule has 7 nitrogen and oxygen atoms in total. The molecule has 3 heterocycles. The molecule has 2 fully saturated rings. The lowest BCUT2D eigenvalue weighted by molar-refractivity contribution is -0.164. The summed E-state index contributed by atoms with van der Waals surface area (Å²) in [7, 11) is 0. The van der Waals surface area contributed by atoms with Crippen molar-refractivity contribution in [2.24, 2.45) is 0 Å². The zero-order chi connectivity index (χ0) is 23.3. The van der Waals surface area contributed by atoms with Crippen LogP contribution in [0.15, 0.2) is 71.4 Å². The second kappa shape index (κ2) is 8.20. The maximum absolute atomic E-state index is 13.9. The Bertz CT molecular complexity index is 1160. The number of nitrogens with one attached hydrogen (secondary N) is 1. The van der Waals surface area contributed by atoms with E-state index in [2.05, 4.69) is 5.32 Å². The largest absolute Gasteiger partial charge is 0.477 e. The van der Waals surface area contributed by atoms with Crippen molar-refractivity contribution in [3.8, 4) is 0 Å². The van der Waals surface area contributed by atoms with Gasteiger partial charge in [0.2, 0.25) is 5.91 Å². The Balaban J connectivity index is 1.61. The summed E-state index contributed by atoms with van der Waals surface area (Å²) in [6.45, 7) is 1.97. The van der Waals surface area contributed by atoms with Crippen molar-refractivity contribution in [3.63, 3.8) is 0 Å². The minimum atomic E-state index is -1.24. The fourth-order valence-corrected chi connectivity index (χ4v) is 6.62. The lowest BCUT2D eigenvalue weighted by Gasteiger charge is -2.55. The van der Waals surface area contributed by atoms with Gasteiger partial charge >= 0.3 is 5.97 Å². The average molecular weight is 484 g/mol. The number of halogens is 1. The van der Waals surface area contributed by atoms with Crippen LogP contribution in [0.4, 0.5) is 0 Å². The molecule has 5 rings (SSSR count). The maximum atomic E-state index is 13.9. The van der Waals surface area contributed by atoms with Gasteiger partial charge in [-0.05, 0) is 17.5 Å². The molecule has 0 aromatic heterocycles. The number of hydrogen-bond donors (Lipinski definition) is 2. The summed E-state index contributed by atoms with van der Waals surface area (Å²) in [5, 5.41) is 12.8. The van der Waals surface area contributed by atoms with Crippen LogP contribution >= 0.6 is 23.4 Å². The summed E-state index contributed by atoms with van der Waals surface area (Å²) in [5.74, 6) is -1.60. The number of hydrogen-bond acceptors (Lipinski definition) is 5. The second-order valence-corrected chi connectivity index (χ2v) is 9.75. The van der Waals surface area contributed by atoms with Gasteiger partial charge in [0.05, 0.1) is 5.03 Å². The third-order valence-corrected chi connectivity index (χ3v) is 8.29. The molecule has 0 aliphatic carbocycles. The van der Waals surface area contributed by atoms with Gasteiger partial charge in [0.15, 0.2) is 0 Å². The third-order valence-electron chi connectivity index (χ3n) is 6.55. The van der Waals surface area contributed by atoms with E-state index in [1.165, 1.54) is 16.7 Å². The topological polar surface area (TPSA) is 90.0 Å². The van der Waals surface area contributed by atoms with E-state index in [-0.39, 0.29) is 22.4 Å². The Morgan fingerprint density at radius 2 is 1.76 bits per heavy atom. The number of β-lactam (4-membered cyclic amide) rings is 1. The van der Waals surface area contributed by atoms with Crippen molar-refractivity contribution in [2.45, 2.75) is 36.5 Å². The van der Waals surface area contributed by atoms with Crippen LogP contribution in [0.5, 0.6) is 0 Å². The Hall–Kier alpha value is -2.81. The molecular weight excluding hydrogens is 462 g/mol. The predicted molar refractivity (Wildman–Crippen MR) is 125 cm³/mol. The number of carboxylic acid groups (broad SMARTS) is 1. The first-order chi connectivity index (χ1) is 15.9. The summed E-state index contributed by atoms with van der Waals surface area (Å²) in [6, 6.07) is 17.6. The predicted octanol–water partition coefficient (Wildman–Crippen LogP) is 3.24. The van der Waals surface area contributed by atoms with E-state index < -0.39 is 35.0 Å². The molecule has 2 saturated heterocycles. The number of nitrogens with zero attached hydrogens (tertiary/aromatic N) is 2. The molecule has 2 amide bonds. The number of aliphatic carboxylic acids is 1. The molecule has 9 heteroatoms. The van der Waals surface area contributed by atoms with Crippen LogP contribution in [-0.4, -0.2) is 49.9 Å². The summed E-state index contributed by atoms with van der Waals surface area (Å²) < 4.78 is 0. The highest BCUT2D eigenvalue weighted by molar-refractivity contribution is 8.00. The van der Waals surface area contributed by atoms with Gasteiger partial charge in [0.1, 0.15) is 28.8 Å². The van der Waals surface area contributed by atoms with E-state index in [0.29, 0.717) is 6.42 Å². The third kappa shape index (κ3) is 3.19. The molecule has 170 valence electrons. The van der Waals surface area contributed by atoms with E-state index in [1.807, 2.05) is 67.6 Å². The quantitative estimate of drug-likeness (QED) is 0.634. The summed E-state index contributed by atoms with van der Waals surface area (Å²) in [5.41, 5.74) is 0.578. The van der Waals surface area contributed by atoms with Gasteiger partial charge in [-0.2, -0.15) is 0 Å². The highest BCUT2D eigenvalue weighted by atomic mass is 35.5. The highest BCUT2D eigenvalue weighted by Crippen LogP contribution is 2.49. The smallest absolute Gasteiger partial charge is 0.353 e. The van der Waals surface area contributed by atoms with E-state index in [0.717, 1.165) is 11.1 Å². The molecule has 2 aromatic carbocycles. The summed E-state index contributed by atoms with van der Waals surface area (Å²) in [4.78, 5) is 42.0. The number of fused-ring (bicyclic) bond motifs is 1. The van der Waals surface area contributed by atoms with Gasteiger partial charge in [-0.15, -0.1) is 11.8 Å². The van der Waals surface area contributed by atoms with Crippen molar-refractivity contribution in [1.82, 2.24) is 15.1 Å². The van der Waals surface area contributed by atoms with E-state index in [4.69, 9.17) is 11.6 Å². The number of amides is 2. The van der Waals surface area contributed by atoms with Crippen LogP contribution in [0.2, 0.25) is 0 Å². The zero-order valence-corrected chi connectivity index (χ0v) is 19.3. The van der Waals surface area contributed by atoms with Crippen molar-refractivity contribution in [3.05, 3.63) is 82.5 Å². The molecule has 3 aliphatic rings. The molecule has 0 spiro atoms. The fourth-order valence-electron chi connectivity index (χ4n) is 5.02. The number of carboxylic acids is 1. The molecule has 3 aliphatic heterocycles. The first-order valence-electron chi connectivity index (χ1n) is 10.7. The molecule has 33 heavy (non-hydrogen) atoms. The van der Waals surface area contributed by atoms with Crippen molar-refractivity contribution in [2.75, 3.05) is 5.75 Å². The van der Waals surface area contributed by atoms with Crippen molar-refractivity contribution in [1.29, 1.82) is 0 Å².